The average Bonchev–Trinajstić information content (AvgIpc) is 2.52. The summed E-state index contributed by atoms with van der Waals surface area (Å²) in [6, 6.07) is 14.4. The molecule has 22 heavy (non-hydrogen) atoms. The predicted octanol–water partition coefficient (Wildman–Crippen LogP) is 3.98. The third-order valence-corrected chi connectivity index (χ3v) is 3.97. The molecule has 1 N–H and O–H groups in total. The smallest absolute Gasteiger partial charge is 0.328 e. The zero-order valence-corrected chi connectivity index (χ0v) is 12.3. The number of thioether (sulfide) groups is 1. The standard InChI is InChI=1S/C16H13NO4S/c18-16(19)9-7-12-6-8-15(14(10-12)17(20)21)22-11-13-4-2-1-3-5-13/h1-10H,11H2,(H,18,19)/b9-7-. The molecule has 0 aromatic heterocycles. The molecule has 0 saturated carbocycles. The van der Waals surface area contributed by atoms with Crippen molar-refractivity contribution in [2.24, 2.45) is 0 Å². The van der Waals surface area contributed by atoms with Crippen LogP contribution in [-0.4, -0.2) is 16.0 Å². The number of nitro benzene ring substituents is 1. The van der Waals surface area contributed by atoms with Crippen LogP contribution in [0.2, 0.25) is 0 Å². The Balaban J connectivity index is 2.20. The predicted molar refractivity (Wildman–Crippen MR) is 85.8 cm³/mol. The lowest BCUT2D eigenvalue weighted by Crippen LogP contribution is -1.93. The van der Waals surface area contributed by atoms with Gasteiger partial charge in [0.15, 0.2) is 0 Å². The highest BCUT2D eigenvalue weighted by Crippen LogP contribution is 2.32. The normalized spacial score (nSPS) is 10.7. The number of hydrogen-bond acceptors (Lipinski definition) is 4. The highest BCUT2D eigenvalue weighted by Gasteiger charge is 2.14. The van der Waals surface area contributed by atoms with E-state index in [1.807, 2.05) is 30.3 Å². The fourth-order valence-corrected chi connectivity index (χ4v) is 2.77. The minimum atomic E-state index is -1.09. The second-order valence-corrected chi connectivity index (χ2v) is 5.45. The Morgan fingerprint density at radius 3 is 2.59 bits per heavy atom. The van der Waals surface area contributed by atoms with Gasteiger partial charge in [0, 0.05) is 17.9 Å². The fraction of sp³-hybridized carbons (Fsp3) is 0.0625. The number of carboxylic acid groups (broad SMARTS) is 1. The van der Waals surface area contributed by atoms with Gasteiger partial charge in [-0.05, 0) is 23.3 Å². The largest absolute Gasteiger partial charge is 0.478 e. The maximum absolute atomic E-state index is 11.2. The van der Waals surface area contributed by atoms with Gasteiger partial charge in [-0.3, -0.25) is 10.1 Å². The lowest BCUT2D eigenvalue weighted by Gasteiger charge is -2.04. The average molecular weight is 315 g/mol. The maximum Gasteiger partial charge on any atom is 0.328 e. The first kappa shape index (κ1) is 15.8. The van der Waals surface area contributed by atoms with E-state index in [-0.39, 0.29) is 5.69 Å². The van der Waals surface area contributed by atoms with Crippen molar-refractivity contribution in [3.8, 4) is 0 Å². The molecule has 0 heterocycles. The quantitative estimate of drug-likeness (QED) is 0.377. The summed E-state index contributed by atoms with van der Waals surface area (Å²) >= 11 is 1.38. The number of aliphatic carboxylic acids is 1. The topological polar surface area (TPSA) is 80.4 Å². The molecule has 0 atom stereocenters. The van der Waals surface area contributed by atoms with Crippen molar-refractivity contribution in [3.63, 3.8) is 0 Å². The van der Waals surface area contributed by atoms with Gasteiger partial charge in [-0.2, -0.15) is 0 Å². The lowest BCUT2D eigenvalue weighted by molar-refractivity contribution is -0.387. The van der Waals surface area contributed by atoms with Crippen molar-refractivity contribution in [2.75, 3.05) is 0 Å². The molecule has 5 nitrogen and oxygen atoms in total. The van der Waals surface area contributed by atoms with Gasteiger partial charge in [-0.15, -0.1) is 11.8 Å². The van der Waals surface area contributed by atoms with Crippen LogP contribution in [0.3, 0.4) is 0 Å². The molecule has 0 radical (unpaired) electrons. The van der Waals surface area contributed by atoms with E-state index < -0.39 is 10.9 Å². The van der Waals surface area contributed by atoms with Gasteiger partial charge in [0.05, 0.1) is 9.82 Å². The lowest BCUT2D eigenvalue weighted by atomic mass is 10.2. The summed E-state index contributed by atoms with van der Waals surface area (Å²) in [5.41, 5.74) is 1.54. The van der Waals surface area contributed by atoms with E-state index in [0.717, 1.165) is 11.6 Å². The molecule has 112 valence electrons. The van der Waals surface area contributed by atoms with Crippen molar-refractivity contribution in [1.82, 2.24) is 0 Å². The van der Waals surface area contributed by atoms with Gasteiger partial charge in [0.1, 0.15) is 0 Å². The molecular formula is C16H13NO4S. The van der Waals surface area contributed by atoms with Gasteiger partial charge in [0.25, 0.3) is 5.69 Å². The highest BCUT2D eigenvalue weighted by molar-refractivity contribution is 7.98. The second-order valence-electron chi connectivity index (χ2n) is 4.43. The number of carbonyl (C=O) groups is 1. The van der Waals surface area contributed by atoms with E-state index in [1.165, 1.54) is 23.9 Å². The van der Waals surface area contributed by atoms with Crippen LogP contribution >= 0.6 is 11.8 Å². The fourth-order valence-electron chi connectivity index (χ4n) is 1.81. The van der Waals surface area contributed by atoms with Crippen molar-refractivity contribution in [1.29, 1.82) is 0 Å². The Morgan fingerprint density at radius 2 is 1.95 bits per heavy atom. The molecule has 0 amide bonds. The molecule has 0 unspecified atom stereocenters. The molecule has 0 aliphatic carbocycles. The molecule has 0 bridgehead atoms. The third-order valence-electron chi connectivity index (χ3n) is 2.84. The third kappa shape index (κ3) is 4.46. The number of carboxylic acids is 1. The number of benzene rings is 2. The van der Waals surface area contributed by atoms with Crippen molar-refractivity contribution in [3.05, 3.63) is 75.8 Å². The van der Waals surface area contributed by atoms with E-state index in [9.17, 15) is 14.9 Å². The van der Waals surface area contributed by atoms with Crippen LogP contribution in [-0.2, 0) is 10.5 Å². The SMILES string of the molecule is O=C(O)/C=C\c1ccc(SCc2ccccc2)c([N+](=O)[O-])c1. The van der Waals surface area contributed by atoms with E-state index in [1.54, 1.807) is 12.1 Å². The summed E-state index contributed by atoms with van der Waals surface area (Å²) in [6.07, 6.45) is 2.29. The molecule has 0 saturated heterocycles. The van der Waals surface area contributed by atoms with Gasteiger partial charge in [-0.25, -0.2) is 4.79 Å². The maximum atomic E-state index is 11.2. The zero-order chi connectivity index (χ0) is 15.9. The molecule has 2 rings (SSSR count). The first-order valence-electron chi connectivity index (χ1n) is 6.42. The van der Waals surface area contributed by atoms with E-state index >= 15 is 0 Å². The Kier molecular flexibility index (Phi) is 5.32. The molecule has 6 heteroatoms. The van der Waals surface area contributed by atoms with Crippen LogP contribution in [0, 0.1) is 10.1 Å². The number of nitro groups is 1. The van der Waals surface area contributed by atoms with Gasteiger partial charge < -0.3 is 5.11 Å². The monoisotopic (exact) mass is 315 g/mol. The minimum absolute atomic E-state index is 0.0199. The number of rotatable bonds is 6. The minimum Gasteiger partial charge on any atom is -0.478 e. The summed E-state index contributed by atoms with van der Waals surface area (Å²) in [5, 5.41) is 19.8. The highest BCUT2D eigenvalue weighted by atomic mass is 32.2. The Labute approximate surface area is 131 Å². The molecule has 2 aromatic carbocycles. The Morgan fingerprint density at radius 1 is 1.23 bits per heavy atom. The number of hydrogen-bond donors (Lipinski definition) is 1. The summed E-state index contributed by atoms with van der Waals surface area (Å²) in [4.78, 5) is 21.8. The molecular weight excluding hydrogens is 302 g/mol. The summed E-state index contributed by atoms with van der Waals surface area (Å²) in [6.45, 7) is 0. The zero-order valence-electron chi connectivity index (χ0n) is 11.5. The van der Waals surface area contributed by atoms with Crippen LogP contribution in [0.15, 0.2) is 59.5 Å². The van der Waals surface area contributed by atoms with Crippen molar-refractivity contribution < 1.29 is 14.8 Å². The van der Waals surface area contributed by atoms with Crippen molar-refractivity contribution in [2.45, 2.75) is 10.6 Å². The van der Waals surface area contributed by atoms with E-state index in [2.05, 4.69) is 0 Å². The molecule has 2 aromatic rings. The van der Waals surface area contributed by atoms with Crippen LogP contribution in [0.1, 0.15) is 11.1 Å². The van der Waals surface area contributed by atoms with E-state index in [4.69, 9.17) is 5.11 Å². The van der Waals surface area contributed by atoms with Gasteiger partial charge in [-0.1, -0.05) is 36.4 Å². The van der Waals surface area contributed by atoms with Crippen LogP contribution in [0.25, 0.3) is 6.08 Å². The number of nitrogens with zero attached hydrogens (tertiary/aromatic N) is 1. The van der Waals surface area contributed by atoms with Crippen molar-refractivity contribution >= 4 is 29.5 Å². The van der Waals surface area contributed by atoms with Crippen LogP contribution in [0.5, 0.6) is 0 Å². The molecule has 0 spiro atoms. The van der Waals surface area contributed by atoms with E-state index in [0.29, 0.717) is 16.2 Å². The first-order chi connectivity index (χ1) is 10.6. The Hall–Kier alpha value is -2.60. The Bertz CT molecular complexity index is 713. The van der Waals surface area contributed by atoms with Crippen LogP contribution in [0.4, 0.5) is 5.69 Å². The van der Waals surface area contributed by atoms with Crippen LogP contribution < -0.4 is 0 Å². The summed E-state index contributed by atoms with van der Waals surface area (Å²) in [7, 11) is 0. The summed E-state index contributed by atoms with van der Waals surface area (Å²) < 4.78 is 0. The molecule has 0 aliphatic heterocycles. The molecule has 0 aliphatic rings. The molecule has 0 fully saturated rings. The summed E-state index contributed by atoms with van der Waals surface area (Å²) in [5.74, 6) is -0.461. The second kappa shape index (κ2) is 7.42. The van der Waals surface area contributed by atoms with Gasteiger partial charge in [0.2, 0.25) is 0 Å². The van der Waals surface area contributed by atoms with Gasteiger partial charge >= 0.3 is 5.97 Å². The first-order valence-corrected chi connectivity index (χ1v) is 7.41.